The summed E-state index contributed by atoms with van der Waals surface area (Å²) in [6.45, 7) is 4.42. The van der Waals surface area contributed by atoms with E-state index in [9.17, 15) is 4.79 Å². The molecule has 0 fully saturated rings. The fourth-order valence-corrected chi connectivity index (χ4v) is 5.19. The summed E-state index contributed by atoms with van der Waals surface area (Å²) in [5.74, 6) is 0.904. The standard InChI is InChI=1S/C32H32N2O3/c1-4-23-18-24(36-3)14-15-25(23)31-16-13-22(19-33-31)17-21(2)34-32(35)37-20-30-28-11-7-5-9-26(28)27-10-6-8-12-29(27)30/h5-16,18-19,21,30H,4,17,20H2,1-3H3,(H,34,35)/t21-/m1/s1. The molecule has 188 valence electrons. The van der Waals surface area contributed by atoms with Crippen molar-refractivity contribution in [1.29, 1.82) is 0 Å². The van der Waals surface area contributed by atoms with Crippen molar-refractivity contribution in [3.8, 4) is 28.1 Å². The fraction of sp³-hybridized carbons (Fsp3) is 0.250. The van der Waals surface area contributed by atoms with Crippen LogP contribution in [0.4, 0.5) is 4.79 Å². The summed E-state index contributed by atoms with van der Waals surface area (Å²) >= 11 is 0. The molecule has 1 amide bonds. The number of nitrogens with one attached hydrogen (secondary N) is 1. The number of benzene rings is 3. The van der Waals surface area contributed by atoms with E-state index in [1.165, 1.54) is 27.8 Å². The highest BCUT2D eigenvalue weighted by molar-refractivity contribution is 5.79. The molecule has 0 spiro atoms. The van der Waals surface area contributed by atoms with Gasteiger partial charge in [-0.05, 0) is 77.4 Å². The minimum atomic E-state index is -0.398. The number of carbonyl (C=O) groups excluding carboxylic acids is 1. The molecule has 1 aliphatic carbocycles. The maximum atomic E-state index is 12.6. The quantitative estimate of drug-likeness (QED) is 0.294. The summed E-state index contributed by atoms with van der Waals surface area (Å²) in [5, 5.41) is 2.97. The first-order chi connectivity index (χ1) is 18.1. The van der Waals surface area contributed by atoms with Crippen molar-refractivity contribution in [1.82, 2.24) is 10.3 Å². The third-order valence-electron chi connectivity index (χ3n) is 7.04. The highest BCUT2D eigenvalue weighted by Crippen LogP contribution is 2.44. The van der Waals surface area contributed by atoms with Crippen LogP contribution in [0.2, 0.25) is 0 Å². The predicted molar refractivity (Wildman–Crippen MR) is 147 cm³/mol. The Kier molecular flexibility index (Phi) is 7.22. The summed E-state index contributed by atoms with van der Waals surface area (Å²) in [7, 11) is 1.68. The summed E-state index contributed by atoms with van der Waals surface area (Å²) in [6, 6.07) is 26.8. The molecule has 0 bridgehead atoms. The molecule has 0 aliphatic heterocycles. The molecule has 1 aliphatic rings. The largest absolute Gasteiger partial charge is 0.497 e. The number of rotatable bonds is 8. The second-order valence-electron chi connectivity index (χ2n) is 9.50. The van der Waals surface area contributed by atoms with E-state index in [1.807, 2.05) is 49.5 Å². The van der Waals surface area contributed by atoms with Gasteiger partial charge in [0, 0.05) is 23.7 Å². The molecule has 5 heteroatoms. The number of hydrogen-bond donors (Lipinski definition) is 1. The van der Waals surface area contributed by atoms with E-state index in [1.54, 1.807) is 7.11 Å². The molecule has 5 rings (SSSR count). The zero-order chi connectivity index (χ0) is 25.8. The monoisotopic (exact) mass is 492 g/mol. The van der Waals surface area contributed by atoms with Gasteiger partial charge in [-0.2, -0.15) is 0 Å². The number of alkyl carbamates (subject to hydrolysis) is 1. The number of nitrogens with zero attached hydrogens (tertiary/aromatic N) is 1. The molecule has 0 saturated heterocycles. The molecular weight excluding hydrogens is 460 g/mol. The highest BCUT2D eigenvalue weighted by atomic mass is 16.5. The lowest BCUT2D eigenvalue weighted by Gasteiger charge is -2.17. The van der Waals surface area contributed by atoms with Gasteiger partial charge < -0.3 is 14.8 Å². The average molecular weight is 493 g/mol. The van der Waals surface area contributed by atoms with Gasteiger partial charge in [-0.15, -0.1) is 0 Å². The van der Waals surface area contributed by atoms with Crippen LogP contribution in [0, 0.1) is 0 Å². The SMILES string of the molecule is CCc1cc(OC)ccc1-c1ccc(C[C@@H](C)NC(=O)OCC2c3ccccc3-c3ccccc32)cn1. The molecule has 3 aromatic carbocycles. The average Bonchev–Trinajstić information content (AvgIpc) is 3.25. The lowest BCUT2D eigenvalue weighted by atomic mass is 9.98. The smallest absolute Gasteiger partial charge is 0.407 e. The number of aromatic nitrogens is 1. The fourth-order valence-electron chi connectivity index (χ4n) is 5.19. The van der Waals surface area contributed by atoms with E-state index >= 15 is 0 Å². The van der Waals surface area contributed by atoms with Crippen LogP contribution in [0.1, 0.15) is 42.0 Å². The molecule has 1 heterocycles. The van der Waals surface area contributed by atoms with E-state index in [-0.39, 0.29) is 12.0 Å². The zero-order valence-electron chi connectivity index (χ0n) is 21.5. The Labute approximate surface area is 218 Å². The third kappa shape index (κ3) is 5.21. The van der Waals surface area contributed by atoms with E-state index in [0.717, 1.165) is 29.0 Å². The van der Waals surface area contributed by atoms with Crippen molar-refractivity contribution >= 4 is 6.09 Å². The number of amides is 1. The van der Waals surface area contributed by atoms with E-state index in [2.05, 4.69) is 54.7 Å². The summed E-state index contributed by atoms with van der Waals surface area (Å²) < 4.78 is 11.0. The van der Waals surface area contributed by atoms with Crippen LogP contribution >= 0.6 is 0 Å². The van der Waals surface area contributed by atoms with Crippen LogP contribution in [0.15, 0.2) is 85.1 Å². The Morgan fingerprint density at radius 3 is 2.27 bits per heavy atom. The van der Waals surface area contributed by atoms with Crippen LogP contribution in [-0.2, 0) is 17.6 Å². The Hall–Kier alpha value is -4.12. The first-order valence-corrected chi connectivity index (χ1v) is 12.8. The number of ether oxygens (including phenoxy) is 2. The molecule has 0 saturated carbocycles. The molecule has 0 radical (unpaired) electrons. The molecule has 4 aromatic rings. The van der Waals surface area contributed by atoms with Crippen LogP contribution in [0.5, 0.6) is 5.75 Å². The van der Waals surface area contributed by atoms with Crippen molar-refractivity contribution in [2.45, 2.75) is 38.6 Å². The third-order valence-corrected chi connectivity index (χ3v) is 7.04. The van der Waals surface area contributed by atoms with E-state index < -0.39 is 6.09 Å². The van der Waals surface area contributed by atoms with Crippen molar-refractivity contribution in [3.05, 3.63) is 107 Å². The van der Waals surface area contributed by atoms with Crippen molar-refractivity contribution in [3.63, 3.8) is 0 Å². The van der Waals surface area contributed by atoms with E-state index in [4.69, 9.17) is 14.5 Å². The second-order valence-corrected chi connectivity index (χ2v) is 9.50. The molecular formula is C32H32N2O3. The Morgan fingerprint density at radius 2 is 1.65 bits per heavy atom. The van der Waals surface area contributed by atoms with Gasteiger partial charge in [-0.25, -0.2) is 4.79 Å². The van der Waals surface area contributed by atoms with Crippen LogP contribution in [0.25, 0.3) is 22.4 Å². The van der Waals surface area contributed by atoms with Crippen LogP contribution in [-0.4, -0.2) is 30.8 Å². The maximum absolute atomic E-state index is 12.6. The number of fused-ring (bicyclic) bond motifs is 3. The van der Waals surface area contributed by atoms with Crippen molar-refractivity contribution in [2.75, 3.05) is 13.7 Å². The van der Waals surface area contributed by atoms with Crippen molar-refractivity contribution in [2.24, 2.45) is 0 Å². The van der Waals surface area contributed by atoms with Gasteiger partial charge in [0.25, 0.3) is 0 Å². The minimum Gasteiger partial charge on any atom is -0.497 e. The van der Waals surface area contributed by atoms with E-state index in [0.29, 0.717) is 13.0 Å². The maximum Gasteiger partial charge on any atom is 0.407 e. The lowest BCUT2D eigenvalue weighted by molar-refractivity contribution is 0.139. The first-order valence-electron chi connectivity index (χ1n) is 12.8. The molecule has 1 aromatic heterocycles. The minimum absolute atomic E-state index is 0.0520. The molecule has 5 nitrogen and oxygen atoms in total. The molecule has 1 atom stereocenters. The van der Waals surface area contributed by atoms with Gasteiger partial charge in [0.15, 0.2) is 0 Å². The van der Waals surface area contributed by atoms with Gasteiger partial charge in [0.1, 0.15) is 12.4 Å². The van der Waals surface area contributed by atoms with Gasteiger partial charge in [0.2, 0.25) is 0 Å². The Bertz CT molecular complexity index is 1350. The molecule has 37 heavy (non-hydrogen) atoms. The van der Waals surface area contributed by atoms with Gasteiger partial charge >= 0.3 is 6.09 Å². The summed E-state index contributed by atoms with van der Waals surface area (Å²) in [4.78, 5) is 17.3. The number of carbonyl (C=O) groups is 1. The summed E-state index contributed by atoms with van der Waals surface area (Å²) in [5.41, 5.74) is 9.15. The predicted octanol–water partition coefficient (Wildman–Crippen LogP) is 6.79. The van der Waals surface area contributed by atoms with Crippen LogP contribution < -0.4 is 10.1 Å². The topological polar surface area (TPSA) is 60.5 Å². The number of methoxy groups -OCH3 is 1. The number of hydrogen-bond acceptors (Lipinski definition) is 4. The van der Waals surface area contributed by atoms with Gasteiger partial charge in [0.05, 0.1) is 12.8 Å². The Balaban J connectivity index is 1.18. The second kappa shape index (κ2) is 10.9. The van der Waals surface area contributed by atoms with Crippen molar-refractivity contribution < 1.29 is 14.3 Å². The van der Waals surface area contributed by atoms with Gasteiger partial charge in [-0.3, -0.25) is 4.98 Å². The van der Waals surface area contributed by atoms with Gasteiger partial charge in [-0.1, -0.05) is 61.5 Å². The zero-order valence-corrected chi connectivity index (χ0v) is 21.5. The van der Waals surface area contributed by atoms with Crippen LogP contribution in [0.3, 0.4) is 0 Å². The molecule has 0 unspecified atom stereocenters. The lowest BCUT2D eigenvalue weighted by Crippen LogP contribution is -2.35. The summed E-state index contributed by atoms with van der Waals surface area (Å²) in [6.07, 6.45) is 3.05. The number of aryl methyl sites for hydroxylation is 1. The first kappa shape index (κ1) is 24.6. The molecule has 1 N–H and O–H groups in total. The normalized spacial score (nSPS) is 12.9. The number of pyridine rings is 1. The highest BCUT2D eigenvalue weighted by Gasteiger charge is 2.29. The Morgan fingerprint density at radius 1 is 0.946 bits per heavy atom.